The van der Waals surface area contributed by atoms with E-state index in [1.54, 1.807) is 6.92 Å². The summed E-state index contributed by atoms with van der Waals surface area (Å²) < 4.78 is 7.05. The SMILES string of the molecule is CCOC(=O)C1(O)CSc2c(C#N)c(C)cc3cc(-c4ccc(C)cc4)c1n23. The van der Waals surface area contributed by atoms with Crippen LogP contribution >= 0.6 is 11.8 Å². The number of carbonyl (C=O) groups is 1. The Morgan fingerprint density at radius 1 is 1.32 bits per heavy atom. The Bertz CT molecular complexity index is 1140. The van der Waals surface area contributed by atoms with Crippen molar-refractivity contribution < 1.29 is 14.6 Å². The van der Waals surface area contributed by atoms with Crippen molar-refractivity contribution in [2.75, 3.05) is 12.4 Å². The van der Waals surface area contributed by atoms with E-state index in [-0.39, 0.29) is 12.4 Å². The third-order valence-corrected chi connectivity index (χ3v) is 6.32. The molecule has 5 nitrogen and oxygen atoms in total. The molecule has 0 aliphatic carbocycles. The van der Waals surface area contributed by atoms with Crippen molar-refractivity contribution in [2.45, 2.75) is 31.4 Å². The quantitative estimate of drug-likeness (QED) is 0.683. The zero-order valence-corrected chi connectivity index (χ0v) is 16.8. The van der Waals surface area contributed by atoms with Crippen molar-refractivity contribution >= 4 is 23.2 Å². The predicted molar refractivity (Wildman–Crippen MR) is 108 cm³/mol. The molecule has 0 radical (unpaired) electrons. The standard InChI is InChI=1S/C22H20N2O3S/c1-4-27-21(25)22(26)12-28-20-18(11-23)14(3)9-16-10-17(19(22)24(16)20)15-7-5-13(2)6-8-15/h5-10,26H,4,12H2,1-3H3. The monoisotopic (exact) mass is 392 g/mol. The van der Waals surface area contributed by atoms with Crippen LogP contribution in [0, 0.1) is 25.2 Å². The Hall–Kier alpha value is -2.75. The van der Waals surface area contributed by atoms with E-state index in [1.165, 1.54) is 11.8 Å². The van der Waals surface area contributed by atoms with Crippen LogP contribution in [-0.4, -0.2) is 27.8 Å². The second-order valence-corrected chi connectivity index (χ2v) is 7.99. The molecule has 0 spiro atoms. The van der Waals surface area contributed by atoms with E-state index in [0.29, 0.717) is 11.3 Å². The molecule has 4 rings (SSSR count). The molecule has 3 aromatic rings. The highest BCUT2D eigenvalue weighted by molar-refractivity contribution is 7.99. The number of aromatic nitrogens is 1. The molecule has 28 heavy (non-hydrogen) atoms. The number of hydrogen-bond donors (Lipinski definition) is 1. The Kier molecular flexibility index (Phi) is 4.45. The summed E-state index contributed by atoms with van der Waals surface area (Å²) in [7, 11) is 0. The summed E-state index contributed by atoms with van der Waals surface area (Å²) in [5.41, 5.74) is 3.76. The van der Waals surface area contributed by atoms with Gasteiger partial charge in [-0.1, -0.05) is 29.8 Å². The Morgan fingerprint density at radius 2 is 2.04 bits per heavy atom. The van der Waals surface area contributed by atoms with Crippen LogP contribution in [0.3, 0.4) is 0 Å². The second-order valence-electron chi connectivity index (χ2n) is 7.02. The van der Waals surface area contributed by atoms with Gasteiger partial charge < -0.3 is 14.2 Å². The smallest absolute Gasteiger partial charge is 0.345 e. The summed E-state index contributed by atoms with van der Waals surface area (Å²) >= 11 is 1.31. The van der Waals surface area contributed by atoms with E-state index < -0.39 is 11.6 Å². The average molecular weight is 392 g/mol. The molecule has 3 heterocycles. The van der Waals surface area contributed by atoms with Gasteiger partial charge in [-0.25, -0.2) is 4.79 Å². The molecule has 142 valence electrons. The highest BCUT2D eigenvalue weighted by Gasteiger charge is 2.47. The molecule has 1 aliphatic heterocycles. The fraction of sp³-hybridized carbons (Fsp3) is 0.273. The number of thioether (sulfide) groups is 1. The number of benzene rings is 1. The molecular formula is C22H20N2O3S. The second kappa shape index (κ2) is 6.69. The van der Waals surface area contributed by atoms with E-state index in [2.05, 4.69) is 6.07 Å². The lowest BCUT2D eigenvalue weighted by molar-refractivity contribution is -0.164. The van der Waals surface area contributed by atoms with Gasteiger partial charge in [-0.15, -0.1) is 11.8 Å². The van der Waals surface area contributed by atoms with Gasteiger partial charge in [0.25, 0.3) is 0 Å². The maximum atomic E-state index is 12.8. The van der Waals surface area contributed by atoms with Crippen LogP contribution in [0.25, 0.3) is 16.6 Å². The molecule has 0 amide bonds. The summed E-state index contributed by atoms with van der Waals surface area (Å²) in [6, 6.07) is 14.1. The number of nitrogens with zero attached hydrogens (tertiary/aromatic N) is 2. The molecule has 1 aromatic carbocycles. The zero-order valence-electron chi connectivity index (χ0n) is 15.9. The average Bonchev–Trinajstić information content (AvgIpc) is 3.06. The fourth-order valence-electron chi connectivity index (χ4n) is 3.71. The van der Waals surface area contributed by atoms with E-state index in [4.69, 9.17) is 4.74 Å². The van der Waals surface area contributed by atoms with E-state index >= 15 is 0 Å². The van der Waals surface area contributed by atoms with Gasteiger partial charge in [-0.3, -0.25) is 0 Å². The number of rotatable bonds is 3. The maximum Gasteiger partial charge on any atom is 0.345 e. The molecule has 0 fully saturated rings. The third-order valence-electron chi connectivity index (χ3n) is 5.10. The van der Waals surface area contributed by atoms with Crippen molar-refractivity contribution in [1.82, 2.24) is 4.40 Å². The number of esters is 1. The minimum absolute atomic E-state index is 0.0991. The van der Waals surface area contributed by atoms with Gasteiger partial charge in [0.2, 0.25) is 5.60 Å². The summed E-state index contributed by atoms with van der Waals surface area (Å²) in [5.74, 6) is -0.567. The molecule has 0 saturated carbocycles. The van der Waals surface area contributed by atoms with Crippen LogP contribution in [0.15, 0.2) is 41.4 Å². The molecule has 1 atom stereocenters. The van der Waals surface area contributed by atoms with Gasteiger partial charge in [0, 0.05) is 16.8 Å². The van der Waals surface area contributed by atoms with Crippen LogP contribution in [0.2, 0.25) is 0 Å². The number of aryl methyl sites for hydroxylation is 2. The Morgan fingerprint density at radius 3 is 2.68 bits per heavy atom. The number of aliphatic hydroxyl groups is 1. The van der Waals surface area contributed by atoms with Crippen molar-refractivity contribution in [3.8, 4) is 17.2 Å². The largest absolute Gasteiger partial charge is 0.464 e. The van der Waals surface area contributed by atoms with Gasteiger partial charge in [-0.2, -0.15) is 5.26 Å². The summed E-state index contributed by atoms with van der Waals surface area (Å²) in [6.07, 6.45) is 0. The lowest BCUT2D eigenvalue weighted by Crippen LogP contribution is -2.43. The minimum atomic E-state index is -1.79. The topological polar surface area (TPSA) is 74.7 Å². The van der Waals surface area contributed by atoms with Gasteiger partial charge in [0.1, 0.15) is 6.07 Å². The van der Waals surface area contributed by atoms with Crippen LogP contribution in [0.1, 0.15) is 29.3 Å². The summed E-state index contributed by atoms with van der Waals surface area (Å²) in [4.78, 5) is 12.8. The van der Waals surface area contributed by atoms with Gasteiger partial charge in [-0.05, 0) is 44.0 Å². The maximum absolute atomic E-state index is 12.8. The van der Waals surface area contributed by atoms with Crippen molar-refractivity contribution in [1.29, 1.82) is 5.26 Å². The number of pyridine rings is 1. The molecule has 1 aliphatic rings. The molecule has 2 aromatic heterocycles. The predicted octanol–water partition coefficient (Wildman–Crippen LogP) is 3.95. The van der Waals surface area contributed by atoms with Crippen molar-refractivity contribution in [3.63, 3.8) is 0 Å². The molecule has 1 N–H and O–H groups in total. The van der Waals surface area contributed by atoms with E-state index in [9.17, 15) is 15.2 Å². The summed E-state index contributed by atoms with van der Waals surface area (Å²) in [5, 5.41) is 21.9. The number of nitriles is 1. The van der Waals surface area contributed by atoms with Crippen LogP contribution in [-0.2, 0) is 15.1 Å². The highest BCUT2D eigenvalue weighted by atomic mass is 32.2. The Labute approximate surface area is 167 Å². The highest BCUT2D eigenvalue weighted by Crippen LogP contribution is 2.45. The Balaban J connectivity index is 2.10. The lowest BCUT2D eigenvalue weighted by atomic mass is 9.94. The number of ether oxygens (including phenoxy) is 1. The first-order valence-corrected chi connectivity index (χ1v) is 10.1. The van der Waals surface area contributed by atoms with Gasteiger partial charge in [0.15, 0.2) is 0 Å². The van der Waals surface area contributed by atoms with Crippen LogP contribution < -0.4 is 0 Å². The fourth-order valence-corrected chi connectivity index (χ4v) is 4.99. The number of carbonyl (C=O) groups excluding carboxylic acids is 1. The normalized spacial score (nSPS) is 18.1. The number of hydrogen-bond acceptors (Lipinski definition) is 5. The zero-order chi connectivity index (χ0) is 20.1. The molecule has 1 unspecified atom stereocenters. The first-order chi connectivity index (χ1) is 13.4. The van der Waals surface area contributed by atoms with Crippen molar-refractivity contribution in [2.24, 2.45) is 0 Å². The van der Waals surface area contributed by atoms with Crippen molar-refractivity contribution in [3.05, 3.63) is 58.8 Å². The molecule has 0 bridgehead atoms. The lowest BCUT2D eigenvalue weighted by Gasteiger charge is -2.32. The third kappa shape index (κ3) is 2.62. The van der Waals surface area contributed by atoms with Gasteiger partial charge >= 0.3 is 5.97 Å². The first-order valence-electron chi connectivity index (χ1n) is 9.09. The summed E-state index contributed by atoms with van der Waals surface area (Å²) in [6.45, 7) is 5.82. The van der Waals surface area contributed by atoms with Gasteiger partial charge in [0.05, 0.1) is 22.9 Å². The molecular weight excluding hydrogens is 372 g/mol. The molecule has 6 heteroatoms. The van der Waals surface area contributed by atoms with Crippen LogP contribution in [0.4, 0.5) is 0 Å². The minimum Gasteiger partial charge on any atom is -0.464 e. The van der Waals surface area contributed by atoms with Crippen LogP contribution in [0.5, 0.6) is 0 Å². The van der Waals surface area contributed by atoms with E-state index in [0.717, 1.165) is 32.8 Å². The molecule has 0 saturated heterocycles. The first kappa shape index (κ1) is 18.6. The van der Waals surface area contributed by atoms with E-state index in [1.807, 2.05) is 54.6 Å².